The summed E-state index contributed by atoms with van der Waals surface area (Å²) in [4.78, 5) is 12.0. The van der Waals surface area contributed by atoms with Gasteiger partial charge < -0.3 is 9.84 Å². The maximum absolute atomic E-state index is 12.0. The molecule has 0 spiro atoms. The van der Waals surface area contributed by atoms with Crippen LogP contribution in [0.3, 0.4) is 0 Å². The number of rotatable bonds is 4. The Hall–Kier alpha value is -1.03. The molecule has 100 valence electrons. The fourth-order valence-corrected chi connectivity index (χ4v) is 2.90. The number of halogens is 1. The molecule has 0 radical (unpaired) electrons. The number of hydrogen-bond donors (Lipinski definition) is 1. The molecule has 0 bridgehead atoms. The Morgan fingerprint density at radius 2 is 2.22 bits per heavy atom. The summed E-state index contributed by atoms with van der Waals surface area (Å²) in [6.45, 7) is 2.37. The molecule has 1 aromatic rings. The van der Waals surface area contributed by atoms with Gasteiger partial charge in [-0.05, 0) is 19.8 Å². The molecule has 1 amide bonds. The van der Waals surface area contributed by atoms with Crippen molar-refractivity contribution in [1.29, 1.82) is 0 Å². The van der Waals surface area contributed by atoms with Crippen molar-refractivity contribution in [2.45, 2.75) is 39.0 Å². The van der Waals surface area contributed by atoms with E-state index in [0.29, 0.717) is 23.7 Å². The van der Waals surface area contributed by atoms with Crippen LogP contribution in [0.4, 0.5) is 0 Å². The van der Waals surface area contributed by atoms with Crippen molar-refractivity contribution in [3.63, 3.8) is 0 Å². The highest BCUT2D eigenvalue weighted by atomic mass is 35.5. The van der Waals surface area contributed by atoms with E-state index in [2.05, 4.69) is 10.5 Å². The van der Waals surface area contributed by atoms with E-state index in [9.17, 15) is 4.79 Å². The number of nitrogens with one attached hydrogen (secondary N) is 1. The molecule has 0 aliphatic heterocycles. The van der Waals surface area contributed by atoms with Gasteiger partial charge >= 0.3 is 0 Å². The quantitative estimate of drug-likeness (QED) is 0.856. The highest BCUT2D eigenvalue weighted by molar-refractivity contribution is 6.18. The number of carbonyl (C=O) groups excluding carboxylic acids is 1. The lowest BCUT2D eigenvalue weighted by atomic mass is 9.75. The van der Waals surface area contributed by atoms with Crippen LogP contribution in [0.25, 0.3) is 0 Å². The normalized spacial score (nSPS) is 18.6. The van der Waals surface area contributed by atoms with Crippen molar-refractivity contribution in [2.24, 2.45) is 5.41 Å². The van der Waals surface area contributed by atoms with E-state index >= 15 is 0 Å². The highest BCUT2D eigenvalue weighted by Crippen LogP contribution is 2.36. The van der Waals surface area contributed by atoms with Gasteiger partial charge in [0.1, 0.15) is 11.3 Å². The van der Waals surface area contributed by atoms with Crippen LogP contribution >= 0.6 is 11.6 Å². The molecule has 1 N–H and O–H groups in total. The number of carbonyl (C=O) groups is 1. The standard InChI is InChI=1S/C13H19ClN2O2/c1-10-11(7-16-18-10)12(17)15-9-13(8-14)5-3-2-4-6-13/h7H,2-6,8-9H2,1H3,(H,15,17). The van der Waals surface area contributed by atoms with Gasteiger partial charge in [0.25, 0.3) is 5.91 Å². The molecule has 1 aliphatic carbocycles. The Morgan fingerprint density at radius 3 is 2.78 bits per heavy atom. The van der Waals surface area contributed by atoms with E-state index in [1.165, 1.54) is 25.5 Å². The molecule has 0 saturated heterocycles. The summed E-state index contributed by atoms with van der Waals surface area (Å²) in [5.41, 5.74) is 0.580. The smallest absolute Gasteiger partial charge is 0.256 e. The Balaban J connectivity index is 1.94. The van der Waals surface area contributed by atoms with Gasteiger partial charge in [0, 0.05) is 17.8 Å². The minimum atomic E-state index is -0.121. The second-order valence-corrected chi connectivity index (χ2v) is 5.44. The zero-order chi connectivity index (χ0) is 13.0. The number of hydrogen-bond acceptors (Lipinski definition) is 3. The number of alkyl halides is 1. The third-order valence-corrected chi connectivity index (χ3v) is 4.38. The highest BCUT2D eigenvalue weighted by Gasteiger charge is 2.31. The largest absolute Gasteiger partial charge is 0.361 e. The van der Waals surface area contributed by atoms with Crippen LogP contribution in [0.15, 0.2) is 10.7 Å². The van der Waals surface area contributed by atoms with Gasteiger partial charge in [-0.2, -0.15) is 0 Å². The molecule has 1 aliphatic rings. The van der Waals surface area contributed by atoms with Gasteiger partial charge in [-0.15, -0.1) is 11.6 Å². The SMILES string of the molecule is Cc1oncc1C(=O)NCC1(CCl)CCCCC1. The predicted molar refractivity (Wildman–Crippen MR) is 69.8 cm³/mol. The number of amides is 1. The average Bonchev–Trinajstić information content (AvgIpc) is 2.83. The molecule has 1 fully saturated rings. The van der Waals surface area contributed by atoms with Crippen LogP contribution in [0.2, 0.25) is 0 Å². The van der Waals surface area contributed by atoms with Crippen LogP contribution in [-0.4, -0.2) is 23.5 Å². The van der Waals surface area contributed by atoms with Crippen molar-refractivity contribution < 1.29 is 9.32 Å². The minimum absolute atomic E-state index is 0.0700. The Bertz CT molecular complexity index is 411. The second kappa shape index (κ2) is 5.74. The molecular formula is C13H19ClN2O2. The molecule has 4 nitrogen and oxygen atoms in total. The molecule has 1 aromatic heterocycles. The van der Waals surface area contributed by atoms with Gasteiger partial charge in [-0.1, -0.05) is 24.4 Å². The number of aromatic nitrogens is 1. The third kappa shape index (κ3) is 2.86. The summed E-state index contributed by atoms with van der Waals surface area (Å²) in [5.74, 6) is 1.04. The summed E-state index contributed by atoms with van der Waals surface area (Å²) in [6, 6.07) is 0. The topological polar surface area (TPSA) is 55.1 Å². The summed E-state index contributed by atoms with van der Waals surface area (Å²) in [6.07, 6.45) is 7.33. The molecule has 2 rings (SSSR count). The number of aryl methyl sites for hydroxylation is 1. The van der Waals surface area contributed by atoms with Crippen molar-refractivity contribution in [3.05, 3.63) is 17.5 Å². The van der Waals surface area contributed by atoms with E-state index in [-0.39, 0.29) is 11.3 Å². The van der Waals surface area contributed by atoms with Crippen LogP contribution in [0.5, 0.6) is 0 Å². The first-order chi connectivity index (χ1) is 8.67. The minimum Gasteiger partial charge on any atom is -0.361 e. The predicted octanol–water partition coefficient (Wildman–Crippen LogP) is 2.90. The monoisotopic (exact) mass is 270 g/mol. The zero-order valence-electron chi connectivity index (χ0n) is 10.7. The zero-order valence-corrected chi connectivity index (χ0v) is 11.4. The Kier molecular flexibility index (Phi) is 4.27. The van der Waals surface area contributed by atoms with Gasteiger partial charge in [0.2, 0.25) is 0 Å². The molecular weight excluding hydrogens is 252 g/mol. The van der Waals surface area contributed by atoms with Crippen LogP contribution in [-0.2, 0) is 0 Å². The maximum atomic E-state index is 12.0. The van der Waals surface area contributed by atoms with E-state index in [4.69, 9.17) is 16.1 Å². The summed E-state index contributed by atoms with van der Waals surface area (Å²) in [5, 5.41) is 6.58. The summed E-state index contributed by atoms with van der Waals surface area (Å²) in [7, 11) is 0. The van der Waals surface area contributed by atoms with Crippen LogP contribution in [0.1, 0.15) is 48.2 Å². The van der Waals surface area contributed by atoms with Crippen molar-refractivity contribution >= 4 is 17.5 Å². The van der Waals surface area contributed by atoms with Crippen molar-refractivity contribution in [1.82, 2.24) is 10.5 Å². The Labute approximate surface area is 112 Å². The van der Waals surface area contributed by atoms with Gasteiger partial charge in [0.15, 0.2) is 0 Å². The molecule has 1 heterocycles. The molecule has 0 atom stereocenters. The first-order valence-corrected chi connectivity index (χ1v) is 6.96. The van der Waals surface area contributed by atoms with E-state index < -0.39 is 0 Å². The lowest BCUT2D eigenvalue weighted by Gasteiger charge is -2.35. The van der Waals surface area contributed by atoms with Crippen LogP contribution < -0.4 is 5.32 Å². The average molecular weight is 271 g/mol. The van der Waals surface area contributed by atoms with Crippen molar-refractivity contribution in [3.8, 4) is 0 Å². The van der Waals surface area contributed by atoms with Gasteiger partial charge in [-0.25, -0.2) is 0 Å². The van der Waals surface area contributed by atoms with Gasteiger partial charge in [0.05, 0.1) is 6.20 Å². The third-order valence-electron chi connectivity index (χ3n) is 3.82. The molecule has 0 aromatic carbocycles. The fourth-order valence-electron chi connectivity index (χ4n) is 2.54. The first-order valence-electron chi connectivity index (χ1n) is 6.42. The van der Waals surface area contributed by atoms with Crippen molar-refractivity contribution in [2.75, 3.05) is 12.4 Å². The number of nitrogens with zero attached hydrogens (tertiary/aromatic N) is 1. The van der Waals surface area contributed by atoms with E-state index in [1.807, 2.05) is 0 Å². The second-order valence-electron chi connectivity index (χ2n) is 5.17. The van der Waals surface area contributed by atoms with Gasteiger partial charge in [-0.3, -0.25) is 4.79 Å². The first kappa shape index (κ1) is 13.4. The molecule has 18 heavy (non-hydrogen) atoms. The summed E-state index contributed by atoms with van der Waals surface area (Å²) >= 11 is 6.09. The lowest BCUT2D eigenvalue weighted by molar-refractivity contribution is 0.0919. The maximum Gasteiger partial charge on any atom is 0.256 e. The summed E-state index contributed by atoms with van der Waals surface area (Å²) < 4.78 is 4.89. The van der Waals surface area contributed by atoms with E-state index in [0.717, 1.165) is 12.8 Å². The molecule has 0 unspecified atom stereocenters. The van der Waals surface area contributed by atoms with E-state index in [1.54, 1.807) is 6.92 Å². The fraction of sp³-hybridized carbons (Fsp3) is 0.692. The Morgan fingerprint density at radius 1 is 1.50 bits per heavy atom. The lowest BCUT2D eigenvalue weighted by Crippen LogP contribution is -2.40. The molecule has 5 heteroatoms. The molecule has 1 saturated carbocycles. The van der Waals surface area contributed by atoms with Crippen LogP contribution in [0, 0.1) is 12.3 Å².